The van der Waals surface area contributed by atoms with E-state index in [2.05, 4.69) is 37.7 Å². The van der Waals surface area contributed by atoms with Gasteiger partial charge in [0.2, 0.25) is 0 Å². The minimum atomic E-state index is 0.798. The second-order valence-corrected chi connectivity index (χ2v) is 4.86. The van der Waals surface area contributed by atoms with Crippen molar-refractivity contribution in [2.75, 3.05) is 0 Å². The van der Waals surface area contributed by atoms with E-state index < -0.39 is 0 Å². The molecular formula is C15H16N4. The van der Waals surface area contributed by atoms with E-state index in [-0.39, 0.29) is 0 Å². The minimum absolute atomic E-state index is 0.798. The zero-order valence-electron chi connectivity index (χ0n) is 11.6. The van der Waals surface area contributed by atoms with Gasteiger partial charge >= 0.3 is 0 Å². The van der Waals surface area contributed by atoms with Gasteiger partial charge in [-0.25, -0.2) is 15.0 Å². The second-order valence-electron chi connectivity index (χ2n) is 4.86. The molecule has 0 aliphatic rings. The van der Waals surface area contributed by atoms with Gasteiger partial charge < -0.3 is 4.57 Å². The van der Waals surface area contributed by atoms with Crippen LogP contribution in [0, 0.1) is 20.8 Å². The maximum Gasteiger partial charge on any atom is 0.126 e. The second kappa shape index (κ2) is 4.16. The fourth-order valence-electron chi connectivity index (χ4n) is 2.34. The number of benzene rings is 1. The minimum Gasteiger partial charge on any atom is -0.331 e. The SMILES string of the molecule is Cc1cc(-c2ccc3c(c2)nc(C)n3C)nc(C)n1. The molecule has 0 atom stereocenters. The summed E-state index contributed by atoms with van der Waals surface area (Å²) in [6, 6.07) is 8.27. The Balaban J connectivity index is 2.20. The van der Waals surface area contributed by atoms with Crippen LogP contribution in [0.15, 0.2) is 24.3 Å². The zero-order valence-corrected chi connectivity index (χ0v) is 11.6. The summed E-state index contributed by atoms with van der Waals surface area (Å²) in [6.07, 6.45) is 0. The van der Waals surface area contributed by atoms with Crippen LogP contribution >= 0.6 is 0 Å². The van der Waals surface area contributed by atoms with Gasteiger partial charge in [0, 0.05) is 18.3 Å². The molecule has 0 fully saturated rings. The fourth-order valence-corrected chi connectivity index (χ4v) is 2.34. The number of imidazole rings is 1. The summed E-state index contributed by atoms with van der Waals surface area (Å²) in [5.74, 6) is 1.81. The summed E-state index contributed by atoms with van der Waals surface area (Å²) in [5, 5.41) is 0. The first-order valence-corrected chi connectivity index (χ1v) is 6.30. The molecule has 1 aromatic carbocycles. The molecule has 0 N–H and O–H groups in total. The Labute approximate surface area is 112 Å². The Morgan fingerprint density at radius 3 is 2.47 bits per heavy atom. The molecule has 0 unspecified atom stereocenters. The summed E-state index contributed by atoms with van der Waals surface area (Å²) in [4.78, 5) is 13.4. The van der Waals surface area contributed by atoms with Crippen LogP contribution in [-0.4, -0.2) is 19.5 Å². The Kier molecular flexibility index (Phi) is 2.59. The van der Waals surface area contributed by atoms with Crippen LogP contribution in [0.4, 0.5) is 0 Å². The van der Waals surface area contributed by atoms with E-state index >= 15 is 0 Å². The van der Waals surface area contributed by atoms with Gasteiger partial charge in [0.05, 0.1) is 16.7 Å². The largest absolute Gasteiger partial charge is 0.331 e. The molecule has 2 aromatic heterocycles. The van der Waals surface area contributed by atoms with Crippen molar-refractivity contribution in [1.82, 2.24) is 19.5 Å². The maximum absolute atomic E-state index is 4.56. The van der Waals surface area contributed by atoms with E-state index in [0.29, 0.717) is 0 Å². The molecule has 0 saturated heterocycles. The lowest BCUT2D eigenvalue weighted by Gasteiger charge is -2.04. The zero-order chi connectivity index (χ0) is 13.6. The number of aromatic nitrogens is 4. The first kappa shape index (κ1) is 11.8. The first-order valence-electron chi connectivity index (χ1n) is 6.30. The summed E-state index contributed by atoms with van der Waals surface area (Å²) in [7, 11) is 2.03. The first-order chi connectivity index (χ1) is 9.04. The topological polar surface area (TPSA) is 43.6 Å². The Morgan fingerprint density at radius 2 is 1.74 bits per heavy atom. The van der Waals surface area contributed by atoms with Gasteiger partial charge in [-0.3, -0.25) is 0 Å². The molecular weight excluding hydrogens is 236 g/mol. The highest BCUT2D eigenvalue weighted by atomic mass is 15.0. The molecule has 3 rings (SSSR count). The van der Waals surface area contributed by atoms with Crippen molar-refractivity contribution in [3.05, 3.63) is 41.6 Å². The van der Waals surface area contributed by atoms with Gasteiger partial charge in [-0.05, 0) is 39.0 Å². The van der Waals surface area contributed by atoms with E-state index in [1.165, 1.54) is 0 Å². The van der Waals surface area contributed by atoms with Gasteiger partial charge in [-0.2, -0.15) is 0 Å². The summed E-state index contributed by atoms with van der Waals surface area (Å²) in [5.41, 5.74) is 5.17. The van der Waals surface area contributed by atoms with Crippen molar-refractivity contribution in [2.24, 2.45) is 7.05 Å². The van der Waals surface area contributed by atoms with Crippen molar-refractivity contribution in [1.29, 1.82) is 0 Å². The number of fused-ring (bicyclic) bond motifs is 1. The highest BCUT2D eigenvalue weighted by Gasteiger charge is 2.07. The highest BCUT2D eigenvalue weighted by molar-refractivity contribution is 5.81. The molecule has 0 bridgehead atoms. The molecule has 4 heteroatoms. The summed E-state index contributed by atoms with van der Waals surface area (Å²) < 4.78 is 2.09. The lowest BCUT2D eigenvalue weighted by atomic mass is 10.1. The van der Waals surface area contributed by atoms with Gasteiger partial charge in [0.1, 0.15) is 11.6 Å². The monoisotopic (exact) mass is 252 g/mol. The van der Waals surface area contributed by atoms with Gasteiger partial charge in [-0.15, -0.1) is 0 Å². The third kappa shape index (κ3) is 1.99. The number of hydrogen-bond acceptors (Lipinski definition) is 3. The van der Waals surface area contributed by atoms with Crippen LogP contribution in [-0.2, 0) is 7.05 Å². The smallest absolute Gasteiger partial charge is 0.126 e. The lowest BCUT2D eigenvalue weighted by molar-refractivity contribution is 0.886. The predicted octanol–water partition coefficient (Wildman–Crippen LogP) is 2.96. The van der Waals surface area contributed by atoms with Crippen molar-refractivity contribution in [3.8, 4) is 11.3 Å². The molecule has 3 aromatic rings. The summed E-state index contributed by atoms with van der Waals surface area (Å²) >= 11 is 0. The Bertz CT molecular complexity index is 751. The molecule has 0 saturated carbocycles. The molecule has 0 aliphatic carbocycles. The van der Waals surface area contributed by atoms with Gasteiger partial charge in [0.15, 0.2) is 0 Å². The van der Waals surface area contributed by atoms with E-state index in [1.807, 2.05) is 33.9 Å². The number of nitrogens with zero attached hydrogens (tertiary/aromatic N) is 4. The van der Waals surface area contributed by atoms with Crippen molar-refractivity contribution < 1.29 is 0 Å². The molecule has 0 amide bonds. The third-order valence-electron chi connectivity index (χ3n) is 3.37. The summed E-state index contributed by atoms with van der Waals surface area (Å²) in [6.45, 7) is 5.92. The van der Waals surface area contributed by atoms with Crippen LogP contribution in [0.25, 0.3) is 22.3 Å². The quantitative estimate of drug-likeness (QED) is 0.668. The highest BCUT2D eigenvalue weighted by Crippen LogP contribution is 2.23. The van der Waals surface area contributed by atoms with E-state index in [0.717, 1.165) is 39.6 Å². The number of rotatable bonds is 1. The van der Waals surface area contributed by atoms with Gasteiger partial charge in [0.25, 0.3) is 0 Å². The Morgan fingerprint density at radius 1 is 0.947 bits per heavy atom. The molecule has 2 heterocycles. The van der Waals surface area contributed by atoms with Gasteiger partial charge in [-0.1, -0.05) is 6.07 Å². The van der Waals surface area contributed by atoms with Crippen LogP contribution in [0.1, 0.15) is 17.3 Å². The lowest BCUT2D eigenvalue weighted by Crippen LogP contribution is -1.94. The number of aryl methyl sites for hydroxylation is 4. The standard InChI is InChI=1S/C15H16N4/c1-9-7-13(17-10(2)16-9)12-5-6-15-14(8-12)18-11(3)19(15)4/h5-8H,1-4H3. The average Bonchev–Trinajstić information content (AvgIpc) is 2.63. The van der Waals surface area contributed by atoms with Crippen molar-refractivity contribution >= 4 is 11.0 Å². The fraction of sp³-hybridized carbons (Fsp3) is 0.267. The molecule has 96 valence electrons. The molecule has 0 spiro atoms. The van der Waals surface area contributed by atoms with E-state index in [4.69, 9.17) is 0 Å². The van der Waals surface area contributed by atoms with E-state index in [9.17, 15) is 0 Å². The number of hydrogen-bond donors (Lipinski definition) is 0. The Hall–Kier alpha value is -2.23. The van der Waals surface area contributed by atoms with Crippen molar-refractivity contribution in [3.63, 3.8) is 0 Å². The molecule has 0 radical (unpaired) electrons. The molecule has 4 nitrogen and oxygen atoms in total. The normalized spacial score (nSPS) is 11.2. The molecule has 0 aliphatic heterocycles. The van der Waals surface area contributed by atoms with Crippen LogP contribution in [0.5, 0.6) is 0 Å². The average molecular weight is 252 g/mol. The van der Waals surface area contributed by atoms with Crippen LogP contribution in [0.3, 0.4) is 0 Å². The maximum atomic E-state index is 4.56. The van der Waals surface area contributed by atoms with Crippen LogP contribution in [0.2, 0.25) is 0 Å². The van der Waals surface area contributed by atoms with E-state index in [1.54, 1.807) is 0 Å². The predicted molar refractivity (Wildman–Crippen MR) is 76.0 cm³/mol. The third-order valence-corrected chi connectivity index (χ3v) is 3.37. The van der Waals surface area contributed by atoms with Crippen LogP contribution < -0.4 is 0 Å². The van der Waals surface area contributed by atoms with Crippen molar-refractivity contribution in [2.45, 2.75) is 20.8 Å². The molecule has 19 heavy (non-hydrogen) atoms.